The maximum atomic E-state index is 12.7. The summed E-state index contributed by atoms with van der Waals surface area (Å²) in [5.74, 6) is 0.00199. The third-order valence-corrected chi connectivity index (χ3v) is 4.82. The second-order valence-corrected chi connectivity index (χ2v) is 7.76. The average molecular weight is 472 g/mol. The zero-order valence-corrected chi connectivity index (χ0v) is 18.0. The Hall–Kier alpha value is -3.08. The zero-order chi connectivity index (χ0) is 23.5. The first-order valence-corrected chi connectivity index (χ1v) is 10.0. The molecular weight excluding hydrogens is 451 g/mol. The summed E-state index contributed by atoms with van der Waals surface area (Å²) in [6.45, 7) is 2.61. The smallest absolute Gasteiger partial charge is 0.422 e. The molecule has 2 aromatic heterocycles. The van der Waals surface area contributed by atoms with Crippen LogP contribution in [0.5, 0.6) is 5.75 Å². The van der Waals surface area contributed by atoms with Gasteiger partial charge in [-0.1, -0.05) is 11.6 Å². The predicted octanol–water partition coefficient (Wildman–Crippen LogP) is 3.35. The maximum absolute atomic E-state index is 12.7. The zero-order valence-electron chi connectivity index (χ0n) is 17.3. The topological polar surface area (TPSA) is 96.5 Å². The van der Waals surface area contributed by atoms with Gasteiger partial charge in [0.1, 0.15) is 17.4 Å². The van der Waals surface area contributed by atoms with Crippen LogP contribution >= 0.6 is 11.6 Å². The lowest BCUT2D eigenvalue weighted by Crippen LogP contribution is -2.37. The van der Waals surface area contributed by atoms with E-state index in [0.29, 0.717) is 42.4 Å². The summed E-state index contributed by atoms with van der Waals surface area (Å²) in [5, 5.41) is 5.64. The number of carbonyl (C=O) groups excluding carboxylic acids is 2. The molecule has 0 aromatic carbocycles. The summed E-state index contributed by atoms with van der Waals surface area (Å²) < 4.78 is 41.5. The number of pyridine rings is 2. The number of hydrogen-bond acceptors (Lipinski definition) is 6. The molecule has 0 bridgehead atoms. The SMILES string of the molecule is CC(=O)Nc1cc(C(=O)N[C@@H]2CCN(c3ncc(OCC(F)(F)F)cc3Cl)C2)cc(C)n1. The summed E-state index contributed by atoms with van der Waals surface area (Å²) in [5.41, 5.74) is 0.945. The Morgan fingerprint density at radius 1 is 1.31 bits per heavy atom. The molecule has 1 aliphatic rings. The van der Waals surface area contributed by atoms with Gasteiger partial charge in [0.2, 0.25) is 5.91 Å². The molecule has 1 aliphatic heterocycles. The fraction of sp³-hybridized carbons (Fsp3) is 0.400. The van der Waals surface area contributed by atoms with Gasteiger partial charge < -0.3 is 20.3 Å². The summed E-state index contributed by atoms with van der Waals surface area (Å²) in [6, 6.07) is 4.20. The fourth-order valence-corrected chi connectivity index (χ4v) is 3.55. The van der Waals surface area contributed by atoms with Crippen molar-refractivity contribution in [2.75, 3.05) is 29.9 Å². The van der Waals surface area contributed by atoms with Crippen LogP contribution in [0.15, 0.2) is 24.4 Å². The van der Waals surface area contributed by atoms with Gasteiger partial charge in [0.05, 0.1) is 11.2 Å². The van der Waals surface area contributed by atoms with E-state index in [4.69, 9.17) is 11.6 Å². The standard InChI is InChI=1S/C20H21ClF3N5O3/c1-11-5-13(6-17(26-11)27-12(2)30)19(31)28-14-3-4-29(9-14)18-16(21)7-15(8-25-18)32-10-20(22,23)24/h5-8,14H,3-4,9-10H2,1-2H3,(H,28,31)(H,26,27,30)/t14-/m1/s1. The molecule has 0 spiro atoms. The molecule has 0 saturated carbocycles. The van der Waals surface area contributed by atoms with Crippen LogP contribution in [0.4, 0.5) is 24.8 Å². The van der Waals surface area contributed by atoms with E-state index < -0.39 is 12.8 Å². The van der Waals surface area contributed by atoms with Crippen molar-refractivity contribution in [3.05, 3.63) is 40.7 Å². The second kappa shape index (κ2) is 9.60. The van der Waals surface area contributed by atoms with Crippen molar-refractivity contribution in [1.29, 1.82) is 0 Å². The van der Waals surface area contributed by atoms with Crippen molar-refractivity contribution < 1.29 is 27.5 Å². The molecule has 1 atom stereocenters. The van der Waals surface area contributed by atoms with Crippen LogP contribution < -0.4 is 20.3 Å². The van der Waals surface area contributed by atoms with Crippen LogP contribution in [0.25, 0.3) is 0 Å². The number of halogens is 4. The Kier molecular flexibility index (Phi) is 7.07. The van der Waals surface area contributed by atoms with E-state index in [1.165, 1.54) is 25.3 Å². The molecule has 1 fully saturated rings. The molecule has 2 aromatic rings. The van der Waals surface area contributed by atoms with Crippen LogP contribution in [-0.4, -0.2) is 53.7 Å². The summed E-state index contributed by atoms with van der Waals surface area (Å²) in [7, 11) is 0. The number of rotatable bonds is 6. The number of amides is 2. The number of anilines is 2. The fourth-order valence-electron chi connectivity index (χ4n) is 3.27. The van der Waals surface area contributed by atoms with Crippen molar-refractivity contribution in [3.8, 4) is 5.75 Å². The molecule has 3 heterocycles. The Morgan fingerprint density at radius 3 is 2.72 bits per heavy atom. The van der Waals surface area contributed by atoms with Crippen LogP contribution in [-0.2, 0) is 4.79 Å². The van der Waals surface area contributed by atoms with Crippen molar-refractivity contribution >= 4 is 35.1 Å². The molecule has 1 saturated heterocycles. The quantitative estimate of drug-likeness (QED) is 0.670. The highest BCUT2D eigenvalue weighted by Gasteiger charge is 2.29. The van der Waals surface area contributed by atoms with E-state index in [9.17, 15) is 22.8 Å². The van der Waals surface area contributed by atoms with Gasteiger partial charge in [-0.2, -0.15) is 13.2 Å². The first-order valence-electron chi connectivity index (χ1n) is 9.67. The van der Waals surface area contributed by atoms with Crippen LogP contribution in [0, 0.1) is 6.92 Å². The molecule has 32 heavy (non-hydrogen) atoms. The van der Waals surface area contributed by atoms with Gasteiger partial charge in [0, 0.05) is 43.4 Å². The minimum absolute atomic E-state index is 0.0804. The highest BCUT2D eigenvalue weighted by Crippen LogP contribution is 2.30. The van der Waals surface area contributed by atoms with Crippen molar-refractivity contribution in [3.63, 3.8) is 0 Å². The lowest BCUT2D eigenvalue weighted by molar-refractivity contribution is -0.153. The number of carbonyl (C=O) groups is 2. The highest BCUT2D eigenvalue weighted by molar-refractivity contribution is 6.33. The summed E-state index contributed by atoms with van der Waals surface area (Å²) in [6.07, 6.45) is -2.65. The minimum atomic E-state index is -4.46. The Labute approximate surface area is 187 Å². The summed E-state index contributed by atoms with van der Waals surface area (Å²) >= 11 is 6.19. The molecule has 2 amide bonds. The van der Waals surface area contributed by atoms with Crippen molar-refractivity contribution in [1.82, 2.24) is 15.3 Å². The van der Waals surface area contributed by atoms with Gasteiger partial charge in [-0.25, -0.2) is 9.97 Å². The Bertz CT molecular complexity index is 1020. The van der Waals surface area contributed by atoms with Gasteiger partial charge in [-0.05, 0) is 25.5 Å². The average Bonchev–Trinajstić information content (AvgIpc) is 3.13. The van der Waals surface area contributed by atoms with Crippen LogP contribution in [0.3, 0.4) is 0 Å². The highest BCUT2D eigenvalue weighted by atomic mass is 35.5. The number of nitrogens with one attached hydrogen (secondary N) is 2. The van der Waals surface area contributed by atoms with Gasteiger partial charge in [-0.3, -0.25) is 9.59 Å². The van der Waals surface area contributed by atoms with Crippen molar-refractivity contribution in [2.45, 2.75) is 32.5 Å². The summed E-state index contributed by atoms with van der Waals surface area (Å²) in [4.78, 5) is 34.1. The number of aryl methyl sites for hydroxylation is 1. The lowest BCUT2D eigenvalue weighted by atomic mass is 10.2. The molecule has 2 N–H and O–H groups in total. The largest absolute Gasteiger partial charge is 0.482 e. The van der Waals surface area contributed by atoms with Gasteiger partial charge in [0.25, 0.3) is 5.91 Å². The molecule has 3 rings (SSSR count). The molecule has 0 radical (unpaired) electrons. The van der Waals surface area contributed by atoms with Gasteiger partial charge in [-0.15, -0.1) is 0 Å². The number of alkyl halides is 3. The maximum Gasteiger partial charge on any atom is 0.422 e. The molecular formula is C20H21ClF3N5O3. The number of ether oxygens (including phenoxy) is 1. The van der Waals surface area contributed by atoms with E-state index in [2.05, 4.69) is 25.3 Å². The normalized spacial score (nSPS) is 16.1. The molecule has 0 unspecified atom stereocenters. The first-order chi connectivity index (χ1) is 15.0. The third-order valence-electron chi connectivity index (χ3n) is 4.54. The molecule has 12 heteroatoms. The van der Waals surface area contributed by atoms with E-state index in [-0.39, 0.29) is 28.6 Å². The van der Waals surface area contributed by atoms with E-state index in [0.717, 1.165) is 0 Å². The minimum Gasteiger partial charge on any atom is -0.482 e. The molecule has 0 aliphatic carbocycles. The second-order valence-electron chi connectivity index (χ2n) is 7.35. The number of aromatic nitrogens is 2. The van der Waals surface area contributed by atoms with E-state index >= 15 is 0 Å². The Morgan fingerprint density at radius 2 is 2.06 bits per heavy atom. The van der Waals surface area contributed by atoms with Crippen LogP contribution in [0.1, 0.15) is 29.4 Å². The van der Waals surface area contributed by atoms with Crippen molar-refractivity contribution in [2.24, 2.45) is 0 Å². The molecule has 8 nitrogen and oxygen atoms in total. The number of hydrogen-bond donors (Lipinski definition) is 2. The monoisotopic (exact) mass is 471 g/mol. The van der Waals surface area contributed by atoms with E-state index in [1.807, 2.05) is 4.90 Å². The Balaban J connectivity index is 1.62. The van der Waals surface area contributed by atoms with Crippen LogP contribution in [0.2, 0.25) is 5.02 Å². The lowest BCUT2D eigenvalue weighted by Gasteiger charge is -2.20. The third kappa shape index (κ3) is 6.46. The first kappa shape index (κ1) is 23.6. The molecule has 172 valence electrons. The predicted molar refractivity (Wildman–Crippen MR) is 112 cm³/mol. The van der Waals surface area contributed by atoms with Gasteiger partial charge in [0.15, 0.2) is 6.61 Å². The van der Waals surface area contributed by atoms with E-state index in [1.54, 1.807) is 13.0 Å². The van der Waals surface area contributed by atoms with Gasteiger partial charge >= 0.3 is 6.18 Å². The number of nitrogens with zero attached hydrogens (tertiary/aromatic N) is 3.